The van der Waals surface area contributed by atoms with Crippen molar-refractivity contribution in [1.82, 2.24) is 4.98 Å². The molecule has 1 heterocycles. The topological polar surface area (TPSA) is 32.9 Å². The zero-order valence-electron chi connectivity index (χ0n) is 9.80. The van der Waals surface area contributed by atoms with E-state index < -0.39 is 5.82 Å². The Balaban J connectivity index is 2.25. The van der Waals surface area contributed by atoms with E-state index in [9.17, 15) is 9.18 Å². The van der Waals surface area contributed by atoms with E-state index in [0.29, 0.717) is 27.4 Å². The highest BCUT2D eigenvalue weighted by Gasteiger charge is 2.24. The summed E-state index contributed by atoms with van der Waals surface area (Å²) in [5, 5.41) is 0.914. The van der Waals surface area contributed by atoms with E-state index in [4.69, 9.17) is 11.6 Å². The summed E-state index contributed by atoms with van der Waals surface area (Å²) in [6.07, 6.45) is 5.26. The quantitative estimate of drug-likeness (QED) is 0.801. The van der Waals surface area contributed by atoms with Crippen molar-refractivity contribution in [3.63, 3.8) is 0 Å². The number of aldehydes is 1. The van der Waals surface area contributed by atoms with Gasteiger partial charge in [-0.3, -0.25) is 4.79 Å². The highest BCUT2D eigenvalue weighted by Crippen LogP contribution is 2.38. The number of aromatic amines is 1. The number of hydrogen-bond donors (Lipinski definition) is 1. The van der Waals surface area contributed by atoms with Gasteiger partial charge >= 0.3 is 0 Å². The maximum absolute atomic E-state index is 13.8. The lowest BCUT2D eigenvalue weighted by Crippen LogP contribution is -1.96. The first-order valence-electron chi connectivity index (χ1n) is 6.16. The highest BCUT2D eigenvalue weighted by molar-refractivity contribution is 6.31. The monoisotopic (exact) mass is 265 g/mol. The van der Waals surface area contributed by atoms with Gasteiger partial charge < -0.3 is 4.98 Å². The summed E-state index contributed by atoms with van der Waals surface area (Å²) in [6.45, 7) is 0. The van der Waals surface area contributed by atoms with Gasteiger partial charge in [-0.15, -0.1) is 0 Å². The Labute approximate surface area is 109 Å². The molecule has 2 nitrogen and oxygen atoms in total. The summed E-state index contributed by atoms with van der Waals surface area (Å²) in [7, 11) is 0. The second kappa shape index (κ2) is 4.39. The molecular formula is C14H13ClFNO. The molecule has 3 rings (SSSR count). The number of H-pyrrole nitrogens is 1. The highest BCUT2D eigenvalue weighted by atomic mass is 35.5. The van der Waals surface area contributed by atoms with Crippen molar-refractivity contribution < 1.29 is 9.18 Å². The Morgan fingerprint density at radius 2 is 2.06 bits per heavy atom. The first-order valence-corrected chi connectivity index (χ1v) is 6.54. The first-order chi connectivity index (χ1) is 8.70. The van der Waals surface area contributed by atoms with Crippen LogP contribution in [0.2, 0.25) is 5.02 Å². The Bertz CT molecular complexity index is 614. The zero-order valence-corrected chi connectivity index (χ0v) is 10.6. The van der Waals surface area contributed by atoms with Crippen LogP contribution in [0.5, 0.6) is 0 Å². The third-order valence-corrected chi connectivity index (χ3v) is 3.99. The van der Waals surface area contributed by atoms with E-state index in [-0.39, 0.29) is 0 Å². The van der Waals surface area contributed by atoms with Gasteiger partial charge in [0.1, 0.15) is 5.82 Å². The molecule has 1 fully saturated rings. The van der Waals surface area contributed by atoms with Crippen molar-refractivity contribution in [2.45, 2.75) is 31.6 Å². The van der Waals surface area contributed by atoms with Gasteiger partial charge in [-0.05, 0) is 30.9 Å². The third kappa shape index (κ3) is 1.74. The van der Waals surface area contributed by atoms with Gasteiger partial charge in [0.2, 0.25) is 0 Å². The average molecular weight is 266 g/mol. The van der Waals surface area contributed by atoms with Crippen LogP contribution in [0.3, 0.4) is 0 Å². The van der Waals surface area contributed by atoms with Gasteiger partial charge in [0.25, 0.3) is 0 Å². The maximum atomic E-state index is 13.8. The number of carbonyl (C=O) groups excluding carboxylic acids is 1. The van der Waals surface area contributed by atoms with Crippen LogP contribution < -0.4 is 0 Å². The van der Waals surface area contributed by atoms with E-state index >= 15 is 0 Å². The van der Waals surface area contributed by atoms with Crippen molar-refractivity contribution in [3.8, 4) is 0 Å². The van der Waals surface area contributed by atoms with E-state index in [1.807, 2.05) is 0 Å². The van der Waals surface area contributed by atoms with Gasteiger partial charge in [-0.2, -0.15) is 0 Å². The second-order valence-electron chi connectivity index (χ2n) is 4.86. The van der Waals surface area contributed by atoms with E-state index in [1.54, 1.807) is 6.07 Å². The summed E-state index contributed by atoms with van der Waals surface area (Å²) in [5.41, 5.74) is 1.83. The van der Waals surface area contributed by atoms with Crippen LogP contribution in [0.4, 0.5) is 4.39 Å². The van der Waals surface area contributed by atoms with Gasteiger partial charge in [0, 0.05) is 21.7 Å². The fourth-order valence-electron chi connectivity index (χ4n) is 2.92. The molecule has 1 saturated carbocycles. The number of carbonyl (C=O) groups is 1. The first kappa shape index (κ1) is 11.7. The second-order valence-corrected chi connectivity index (χ2v) is 5.30. The minimum atomic E-state index is -0.398. The van der Waals surface area contributed by atoms with E-state index in [0.717, 1.165) is 24.8 Å². The summed E-state index contributed by atoms with van der Waals surface area (Å²) < 4.78 is 13.8. The summed E-state index contributed by atoms with van der Waals surface area (Å²) in [6, 6.07) is 2.92. The van der Waals surface area contributed by atoms with Crippen molar-refractivity contribution in [2.24, 2.45) is 0 Å². The summed E-state index contributed by atoms with van der Waals surface area (Å²) in [4.78, 5) is 14.4. The number of hydrogen-bond acceptors (Lipinski definition) is 1. The molecule has 1 aliphatic carbocycles. The lowest BCUT2D eigenvalue weighted by Gasteiger charge is -2.07. The van der Waals surface area contributed by atoms with Crippen molar-refractivity contribution in [1.29, 1.82) is 0 Å². The summed E-state index contributed by atoms with van der Waals surface area (Å²) >= 11 is 5.85. The Morgan fingerprint density at radius 1 is 1.33 bits per heavy atom. The van der Waals surface area contributed by atoms with Crippen molar-refractivity contribution >= 4 is 28.8 Å². The van der Waals surface area contributed by atoms with Crippen LogP contribution in [0.15, 0.2) is 12.1 Å². The number of halogens is 2. The van der Waals surface area contributed by atoms with E-state index in [1.165, 1.54) is 18.9 Å². The lowest BCUT2D eigenvalue weighted by atomic mass is 9.99. The molecule has 1 aromatic heterocycles. The van der Waals surface area contributed by atoms with Crippen molar-refractivity contribution in [3.05, 3.63) is 34.2 Å². The van der Waals surface area contributed by atoms with Crippen LogP contribution in [0.25, 0.3) is 10.9 Å². The molecule has 0 amide bonds. The fourth-order valence-corrected chi connectivity index (χ4v) is 3.13. The predicted octanol–water partition coefficient (Wildman–Crippen LogP) is 4.43. The standard InChI is InChI=1S/C14H13ClFNO/c15-9-5-10-11(7-18)13(8-3-1-2-4-8)17-14(10)12(16)6-9/h5-8,17H,1-4H2. The van der Waals surface area contributed by atoms with Crippen LogP contribution in [0, 0.1) is 5.82 Å². The molecule has 18 heavy (non-hydrogen) atoms. The predicted molar refractivity (Wildman–Crippen MR) is 69.9 cm³/mol. The smallest absolute Gasteiger partial charge is 0.152 e. The fraction of sp³-hybridized carbons (Fsp3) is 0.357. The third-order valence-electron chi connectivity index (χ3n) is 3.78. The van der Waals surface area contributed by atoms with Crippen LogP contribution >= 0.6 is 11.6 Å². The van der Waals surface area contributed by atoms with Gasteiger partial charge in [0.05, 0.1) is 5.52 Å². The molecule has 0 bridgehead atoms. The molecule has 0 unspecified atom stereocenters. The molecular weight excluding hydrogens is 253 g/mol. The minimum absolute atomic E-state index is 0.320. The van der Waals surface area contributed by atoms with Gasteiger partial charge in [0.15, 0.2) is 6.29 Å². The number of benzene rings is 1. The largest absolute Gasteiger partial charge is 0.355 e. The molecule has 0 atom stereocenters. The number of nitrogens with one attached hydrogen (secondary N) is 1. The average Bonchev–Trinajstić information content (AvgIpc) is 2.93. The molecule has 94 valence electrons. The SMILES string of the molecule is O=Cc1c(C2CCCC2)[nH]c2c(F)cc(Cl)cc12. The molecule has 0 radical (unpaired) electrons. The Kier molecular flexibility index (Phi) is 2.86. The lowest BCUT2D eigenvalue weighted by molar-refractivity contribution is 0.112. The van der Waals surface area contributed by atoms with E-state index in [2.05, 4.69) is 4.98 Å². The summed E-state index contributed by atoms with van der Waals surface area (Å²) in [5.74, 6) is -0.0550. The van der Waals surface area contributed by atoms with Crippen molar-refractivity contribution in [2.75, 3.05) is 0 Å². The zero-order chi connectivity index (χ0) is 12.7. The molecule has 0 spiro atoms. The Hall–Kier alpha value is -1.35. The van der Waals surface area contributed by atoms with Gasteiger partial charge in [-0.1, -0.05) is 24.4 Å². The van der Waals surface area contributed by atoms with Crippen LogP contribution in [-0.4, -0.2) is 11.3 Å². The molecule has 1 aliphatic rings. The normalized spacial score (nSPS) is 16.6. The van der Waals surface area contributed by atoms with Crippen LogP contribution in [-0.2, 0) is 0 Å². The minimum Gasteiger partial charge on any atom is -0.355 e. The maximum Gasteiger partial charge on any atom is 0.152 e. The molecule has 0 aliphatic heterocycles. The Morgan fingerprint density at radius 3 is 2.72 bits per heavy atom. The molecule has 4 heteroatoms. The van der Waals surface area contributed by atoms with Gasteiger partial charge in [-0.25, -0.2) is 4.39 Å². The molecule has 0 saturated heterocycles. The number of aromatic nitrogens is 1. The molecule has 1 N–H and O–H groups in total. The molecule has 1 aromatic carbocycles. The van der Waals surface area contributed by atoms with Crippen LogP contribution in [0.1, 0.15) is 47.7 Å². The number of fused-ring (bicyclic) bond motifs is 1. The molecule has 2 aromatic rings. The number of rotatable bonds is 2.